The van der Waals surface area contributed by atoms with E-state index in [1.807, 2.05) is 48.5 Å². The Kier molecular flexibility index (Phi) is 9.22. The lowest BCUT2D eigenvalue weighted by Crippen LogP contribution is -2.42. The molecule has 2 amide bonds. The van der Waals surface area contributed by atoms with E-state index in [2.05, 4.69) is 4.90 Å². The topological polar surface area (TPSA) is 116 Å². The number of nitrogens with zero attached hydrogens (tertiary/aromatic N) is 3. The van der Waals surface area contributed by atoms with Gasteiger partial charge in [0, 0.05) is 51.9 Å². The molecule has 0 fully saturated rings. The third-order valence-electron chi connectivity index (χ3n) is 6.17. The summed E-state index contributed by atoms with van der Waals surface area (Å²) in [6, 6.07) is 14.1. The van der Waals surface area contributed by atoms with Gasteiger partial charge in [0.25, 0.3) is 0 Å². The lowest BCUT2D eigenvalue weighted by atomic mass is 10.1. The van der Waals surface area contributed by atoms with Crippen molar-refractivity contribution in [2.45, 2.75) is 38.9 Å². The predicted molar refractivity (Wildman–Crippen MR) is 133 cm³/mol. The molecule has 35 heavy (non-hydrogen) atoms. The number of fused-ring (bicyclic) bond motifs is 1. The Morgan fingerprint density at radius 3 is 2.54 bits per heavy atom. The van der Waals surface area contributed by atoms with Gasteiger partial charge in [-0.1, -0.05) is 30.3 Å². The lowest BCUT2D eigenvalue weighted by molar-refractivity contribution is -0.142. The number of hydrogen-bond acceptors (Lipinski definition) is 6. The molecule has 0 aliphatic carbocycles. The smallest absolute Gasteiger partial charge is 0.321 e. The summed E-state index contributed by atoms with van der Waals surface area (Å²) < 4.78 is 5.35. The number of amides is 2. The largest absolute Gasteiger partial charge is 0.497 e. The van der Waals surface area contributed by atoms with Crippen LogP contribution in [0.25, 0.3) is 0 Å². The van der Waals surface area contributed by atoms with Crippen LogP contribution < -0.4 is 15.4 Å². The van der Waals surface area contributed by atoms with Crippen molar-refractivity contribution in [2.24, 2.45) is 5.73 Å². The highest BCUT2D eigenvalue weighted by molar-refractivity contribution is 5.92. The minimum Gasteiger partial charge on any atom is -0.497 e. The number of carboxylic acids is 1. The summed E-state index contributed by atoms with van der Waals surface area (Å²) in [5.74, 6) is -0.830. The van der Waals surface area contributed by atoms with Crippen LogP contribution in [-0.2, 0) is 27.5 Å². The molecule has 2 aromatic rings. The molecule has 3 rings (SSSR count). The van der Waals surface area contributed by atoms with Crippen molar-refractivity contribution in [1.29, 1.82) is 0 Å². The van der Waals surface area contributed by atoms with Gasteiger partial charge in [0.2, 0.25) is 11.8 Å². The summed E-state index contributed by atoms with van der Waals surface area (Å²) in [6.07, 6.45) is 0.472. The molecule has 188 valence electrons. The SMILES string of the molecule is COc1cccc(CN2CCCN(C(C)=O)c3ccccc3CN(C(=O)C[C@H](N)C(=O)O)CC2)c1. The van der Waals surface area contributed by atoms with Crippen LogP contribution in [0.1, 0.15) is 30.9 Å². The van der Waals surface area contributed by atoms with Crippen molar-refractivity contribution in [1.82, 2.24) is 9.80 Å². The molecule has 0 spiro atoms. The zero-order valence-electron chi connectivity index (χ0n) is 20.4. The van der Waals surface area contributed by atoms with Crippen molar-refractivity contribution < 1.29 is 24.2 Å². The molecule has 0 saturated carbocycles. The quantitative estimate of drug-likeness (QED) is 0.648. The number of hydrogen-bond donors (Lipinski definition) is 2. The van der Waals surface area contributed by atoms with Gasteiger partial charge in [0.1, 0.15) is 11.8 Å². The Bertz CT molecular complexity index is 1040. The van der Waals surface area contributed by atoms with Crippen molar-refractivity contribution in [2.75, 3.05) is 38.2 Å². The molecular weight excluding hydrogens is 448 g/mol. The first-order chi connectivity index (χ1) is 16.8. The van der Waals surface area contributed by atoms with E-state index in [9.17, 15) is 19.5 Å². The van der Waals surface area contributed by atoms with Crippen LogP contribution in [0.4, 0.5) is 5.69 Å². The van der Waals surface area contributed by atoms with Gasteiger partial charge >= 0.3 is 5.97 Å². The second kappa shape index (κ2) is 12.3. The zero-order valence-corrected chi connectivity index (χ0v) is 20.4. The molecule has 3 N–H and O–H groups in total. The Labute approximate surface area is 206 Å². The van der Waals surface area contributed by atoms with Crippen LogP contribution in [0.3, 0.4) is 0 Å². The molecule has 0 saturated heterocycles. The molecule has 9 heteroatoms. The molecule has 1 aliphatic rings. The monoisotopic (exact) mass is 482 g/mol. The molecule has 0 aromatic heterocycles. The molecular formula is C26H34N4O5. The third kappa shape index (κ3) is 7.27. The zero-order chi connectivity index (χ0) is 25.4. The van der Waals surface area contributed by atoms with Crippen molar-refractivity contribution in [3.63, 3.8) is 0 Å². The number of rotatable bonds is 6. The fraction of sp³-hybridized carbons (Fsp3) is 0.423. The van der Waals surface area contributed by atoms with E-state index in [4.69, 9.17) is 10.5 Å². The first kappa shape index (κ1) is 26.2. The number of nitrogens with two attached hydrogens (primary N) is 1. The molecule has 0 unspecified atom stereocenters. The maximum Gasteiger partial charge on any atom is 0.321 e. The standard InChI is InChI=1S/C26H34N4O5/c1-19(31)30-12-6-11-28(17-20-7-5-9-22(15-20)35-2)13-14-29(25(32)16-23(27)26(33)34)18-21-8-3-4-10-24(21)30/h3-5,7-10,15,23H,6,11-14,16-18,27H2,1-2H3,(H,33,34)/t23-/m0/s1. The number of carbonyl (C=O) groups excluding carboxylic acids is 2. The van der Waals surface area contributed by atoms with E-state index < -0.39 is 12.0 Å². The van der Waals surface area contributed by atoms with Crippen molar-refractivity contribution >= 4 is 23.5 Å². The van der Waals surface area contributed by atoms with Gasteiger partial charge in [0.05, 0.1) is 13.5 Å². The number of carbonyl (C=O) groups is 3. The number of carboxylic acid groups (broad SMARTS) is 1. The predicted octanol–water partition coefficient (Wildman–Crippen LogP) is 2.08. The number of aliphatic carboxylic acids is 1. The molecule has 9 nitrogen and oxygen atoms in total. The van der Waals surface area contributed by atoms with Crippen molar-refractivity contribution in [3.8, 4) is 5.75 Å². The summed E-state index contributed by atoms with van der Waals surface area (Å²) in [5.41, 5.74) is 8.35. The molecule has 1 aliphatic heterocycles. The molecule has 2 aromatic carbocycles. The van der Waals surface area contributed by atoms with E-state index >= 15 is 0 Å². The summed E-state index contributed by atoms with van der Waals surface area (Å²) in [4.78, 5) is 42.5. The van der Waals surface area contributed by atoms with Gasteiger partial charge in [-0.3, -0.25) is 19.3 Å². The summed E-state index contributed by atoms with van der Waals surface area (Å²) in [6.45, 7) is 4.73. The van der Waals surface area contributed by atoms with E-state index in [1.54, 1.807) is 23.8 Å². The average Bonchev–Trinajstić information content (AvgIpc) is 2.87. The van der Waals surface area contributed by atoms with E-state index in [0.717, 1.165) is 35.5 Å². The fourth-order valence-electron chi connectivity index (χ4n) is 4.27. The summed E-state index contributed by atoms with van der Waals surface area (Å²) in [7, 11) is 1.63. The van der Waals surface area contributed by atoms with E-state index in [1.165, 1.54) is 0 Å². The molecule has 1 atom stereocenters. The van der Waals surface area contributed by atoms with Crippen LogP contribution in [0.15, 0.2) is 48.5 Å². The maximum absolute atomic E-state index is 13.1. The minimum absolute atomic E-state index is 0.0678. The molecule has 1 heterocycles. The third-order valence-corrected chi connectivity index (χ3v) is 6.17. The van der Waals surface area contributed by atoms with Gasteiger partial charge in [0.15, 0.2) is 0 Å². The van der Waals surface area contributed by atoms with Crippen LogP contribution in [0.2, 0.25) is 0 Å². The Balaban J connectivity index is 1.89. The highest BCUT2D eigenvalue weighted by atomic mass is 16.5. The first-order valence-corrected chi connectivity index (χ1v) is 11.8. The van der Waals surface area contributed by atoms with Crippen molar-refractivity contribution in [3.05, 3.63) is 59.7 Å². The number of ether oxygens (including phenoxy) is 1. The second-order valence-corrected chi connectivity index (χ2v) is 8.74. The van der Waals surface area contributed by atoms with Crippen LogP contribution in [-0.4, -0.2) is 72.0 Å². The van der Waals surface area contributed by atoms with E-state index in [-0.39, 0.29) is 24.8 Å². The van der Waals surface area contributed by atoms with Gasteiger partial charge in [-0.25, -0.2) is 0 Å². The normalized spacial score (nSPS) is 16.1. The summed E-state index contributed by atoms with van der Waals surface area (Å²) >= 11 is 0. The molecule has 0 bridgehead atoms. The lowest BCUT2D eigenvalue weighted by Gasteiger charge is -2.28. The molecule has 0 radical (unpaired) electrons. The second-order valence-electron chi connectivity index (χ2n) is 8.74. The fourth-order valence-corrected chi connectivity index (χ4v) is 4.27. The van der Waals surface area contributed by atoms with Crippen LogP contribution in [0, 0.1) is 0 Å². The Hall–Kier alpha value is -3.43. The highest BCUT2D eigenvalue weighted by Gasteiger charge is 2.25. The van der Waals surface area contributed by atoms with Gasteiger partial charge in [-0.2, -0.15) is 0 Å². The summed E-state index contributed by atoms with van der Waals surface area (Å²) in [5, 5.41) is 9.19. The Morgan fingerprint density at radius 1 is 1.06 bits per heavy atom. The van der Waals surface area contributed by atoms with Crippen LogP contribution >= 0.6 is 0 Å². The van der Waals surface area contributed by atoms with Gasteiger partial charge < -0.3 is 25.4 Å². The maximum atomic E-state index is 13.1. The average molecular weight is 483 g/mol. The van der Waals surface area contributed by atoms with Crippen LogP contribution in [0.5, 0.6) is 5.75 Å². The number of benzene rings is 2. The van der Waals surface area contributed by atoms with Gasteiger partial charge in [-0.15, -0.1) is 0 Å². The minimum atomic E-state index is -1.27. The van der Waals surface area contributed by atoms with E-state index in [0.29, 0.717) is 26.2 Å². The number of para-hydroxylation sites is 1. The number of methoxy groups -OCH3 is 1. The Morgan fingerprint density at radius 2 is 1.83 bits per heavy atom. The number of anilines is 1. The highest BCUT2D eigenvalue weighted by Crippen LogP contribution is 2.24. The van der Waals surface area contributed by atoms with Gasteiger partial charge in [-0.05, 0) is 35.7 Å². The first-order valence-electron chi connectivity index (χ1n) is 11.8.